The number of rotatable bonds is 3. The maximum absolute atomic E-state index is 12.8. The zero-order valence-corrected chi connectivity index (χ0v) is 18.1. The normalized spacial score (nSPS) is 16.9. The van der Waals surface area contributed by atoms with Crippen LogP contribution in [0.4, 0.5) is 35.5 Å². The highest BCUT2D eigenvalue weighted by Gasteiger charge is 2.36. The number of alkyl halides is 6. The molecule has 1 saturated heterocycles. The molecule has 0 radical (unpaired) electrons. The molecule has 2 aromatic carbocycles. The van der Waals surface area contributed by atoms with Gasteiger partial charge >= 0.3 is 18.4 Å². The quantitative estimate of drug-likeness (QED) is 0.507. The number of nitrogens with one attached hydrogen (secondary N) is 2. The van der Waals surface area contributed by atoms with E-state index < -0.39 is 29.6 Å². The molecule has 0 spiro atoms. The molecule has 0 bridgehead atoms. The second kappa shape index (κ2) is 11.5. The van der Waals surface area contributed by atoms with Gasteiger partial charge in [-0.25, -0.2) is 9.18 Å². The number of hydrogen-bond acceptors (Lipinski definition) is 3. The van der Waals surface area contributed by atoms with Gasteiger partial charge in [0, 0.05) is 19.6 Å². The Kier molecular flexibility index (Phi) is 9.28. The predicted octanol–water partition coefficient (Wildman–Crippen LogP) is 5.28. The number of nitrogens with zero attached hydrogens (tertiary/aromatic N) is 1. The Morgan fingerprint density at radius 3 is 2.09 bits per heavy atom. The molecule has 1 aliphatic heterocycles. The van der Waals surface area contributed by atoms with E-state index in [2.05, 4.69) is 10.6 Å². The average molecular weight is 495 g/mol. The van der Waals surface area contributed by atoms with Crippen LogP contribution in [0, 0.1) is 5.82 Å². The molecular weight excluding hydrogens is 471 g/mol. The Hall–Kier alpha value is -2.86. The van der Waals surface area contributed by atoms with Crippen LogP contribution in [0.25, 0.3) is 0 Å². The molecule has 1 atom stereocenters. The highest BCUT2D eigenvalue weighted by atomic mass is 19.4. The van der Waals surface area contributed by atoms with Crippen LogP contribution in [0.15, 0.2) is 42.5 Å². The molecule has 0 aliphatic carbocycles. The van der Waals surface area contributed by atoms with E-state index in [4.69, 9.17) is 0 Å². The van der Waals surface area contributed by atoms with Gasteiger partial charge in [-0.1, -0.05) is 12.1 Å². The molecular formula is C22H24F7N3O2. The number of carbonyl (C=O) groups is 1. The summed E-state index contributed by atoms with van der Waals surface area (Å²) in [5.41, 5.74) is -1.83. The Morgan fingerprint density at radius 2 is 1.62 bits per heavy atom. The average Bonchev–Trinajstić information content (AvgIpc) is 3.00. The van der Waals surface area contributed by atoms with Gasteiger partial charge in [-0.3, -0.25) is 4.90 Å². The maximum atomic E-state index is 12.8. The minimum atomic E-state index is -4.79. The smallest absolute Gasteiger partial charge is 0.416 e. The molecule has 1 fully saturated rings. The molecule has 188 valence electrons. The Morgan fingerprint density at radius 1 is 1.06 bits per heavy atom. The molecule has 1 heterocycles. The first kappa shape index (κ1) is 27.4. The highest BCUT2D eigenvalue weighted by molar-refractivity contribution is 5.66. The minimum absolute atomic E-state index is 0.0605. The third-order valence-electron chi connectivity index (χ3n) is 5.00. The summed E-state index contributed by atoms with van der Waals surface area (Å²) < 4.78 is 87.2. The summed E-state index contributed by atoms with van der Waals surface area (Å²) in [6, 6.07) is 7.28. The summed E-state index contributed by atoms with van der Waals surface area (Å²) in [5.74, 6) is -0.308. The lowest BCUT2D eigenvalue weighted by Crippen LogP contribution is -2.36. The maximum Gasteiger partial charge on any atom is 0.416 e. The topological polar surface area (TPSA) is 64.6 Å². The van der Waals surface area contributed by atoms with Gasteiger partial charge < -0.3 is 15.7 Å². The van der Waals surface area contributed by atoms with Gasteiger partial charge in [-0.15, -0.1) is 0 Å². The van der Waals surface area contributed by atoms with Crippen molar-refractivity contribution in [1.82, 2.24) is 15.5 Å². The Labute approximate surface area is 191 Å². The first-order chi connectivity index (χ1) is 15.8. The Bertz CT molecular complexity index is 915. The van der Waals surface area contributed by atoms with Gasteiger partial charge in [0.2, 0.25) is 0 Å². The summed E-state index contributed by atoms with van der Waals surface area (Å²) in [6.07, 6.45) is -9.71. The highest BCUT2D eigenvalue weighted by Crippen LogP contribution is 2.36. The van der Waals surface area contributed by atoms with Crippen LogP contribution >= 0.6 is 0 Å². The van der Waals surface area contributed by atoms with E-state index in [1.807, 2.05) is 0 Å². The number of carboxylic acid groups (broad SMARTS) is 1. The molecule has 12 heteroatoms. The number of benzene rings is 2. The van der Waals surface area contributed by atoms with Crippen LogP contribution in [0.3, 0.4) is 0 Å². The zero-order valence-electron chi connectivity index (χ0n) is 18.1. The molecule has 3 rings (SSSR count). The lowest BCUT2D eigenvalue weighted by Gasteiger charge is -2.27. The van der Waals surface area contributed by atoms with Gasteiger partial charge in [0.25, 0.3) is 0 Å². The van der Waals surface area contributed by atoms with Crippen molar-refractivity contribution in [3.63, 3.8) is 0 Å². The van der Waals surface area contributed by atoms with Crippen molar-refractivity contribution < 1.29 is 40.6 Å². The predicted molar refractivity (Wildman–Crippen MR) is 111 cm³/mol. The van der Waals surface area contributed by atoms with Crippen molar-refractivity contribution in [2.24, 2.45) is 0 Å². The van der Waals surface area contributed by atoms with Gasteiger partial charge in [-0.2, -0.15) is 26.3 Å². The van der Waals surface area contributed by atoms with Crippen molar-refractivity contribution in [2.45, 2.75) is 31.4 Å². The first-order valence-corrected chi connectivity index (χ1v) is 10.2. The van der Waals surface area contributed by atoms with Crippen molar-refractivity contribution in [3.8, 4) is 0 Å². The fourth-order valence-electron chi connectivity index (χ4n) is 3.42. The van der Waals surface area contributed by atoms with Gasteiger partial charge in [0.05, 0.1) is 17.2 Å². The van der Waals surface area contributed by atoms with E-state index in [-0.39, 0.29) is 30.0 Å². The number of hydrogen-bond donors (Lipinski definition) is 3. The van der Waals surface area contributed by atoms with E-state index in [0.29, 0.717) is 25.2 Å². The van der Waals surface area contributed by atoms with Crippen molar-refractivity contribution in [1.29, 1.82) is 0 Å². The van der Waals surface area contributed by atoms with Gasteiger partial charge in [0.1, 0.15) is 5.82 Å². The summed E-state index contributed by atoms with van der Waals surface area (Å²) in [4.78, 5) is 12.6. The SMILES string of the molecule is CNCc1cc(C(F)(F)F)cc(C(F)(F)F)c1.O=C(O)N1CCCNC[C@@H]1c1ccc(F)cc1. The molecule has 2 aromatic rings. The number of halogens is 7. The second-order valence-corrected chi connectivity index (χ2v) is 7.55. The molecule has 0 saturated carbocycles. The second-order valence-electron chi connectivity index (χ2n) is 7.55. The van der Waals surface area contributed by atoms with E-state index in [0.717, 1.165) is 18.5 Å². The molecule has 34 heavy (non-hydrogen) atoms. The van der Waals surface area contributed by atoms with Crippen molar-refractivity contribution in [2.75, 3.05) is 26.7 Å². The molecule has 1 amide bonds. The molecule has 3 N–H and O–H groups in total. The lowest BCUT2D eigenvalue weighted by molar-refractivity contribution is -0.143. The fourth-order valence-corrected chi connectivity index (χ4v) is 3.42. The largest absolute Gasteiger partial charge is 0.465 e. The van der Waals surface area contributed by atoms with E-state index in [1.54, 1.807) is 12.1 Å². The monoisotopic (exact) mass is 495 g/mol. The van der Waals surface area contributed by atoms with Crippen molar-refractivity contribution >= 4 is 6.09 Å². The minimum Gasteiger partial charge on any atom is -0.465 e. The van der Waals surface area contributed by atoms with Crippen molar-refractivity contribution in [3.05, 3.63) is 70.5 Å². The van der Waals surface area contributed by atoms with Gasteiger partial charge in [0.15, 0.2) is 0 Å². The lowest BCUT2D eigenvalue weighted by atomic mass is 10.0. The Balaban J connectivity index is 0.000000240. The van der Waals surface area contributed by atoms with Crippen LogP contribution < -0.4 is 10.6 Å². The number of amides is 1. The zero-order chi connectivity index (χ0) is 25.5. The molecule has 1 aliphatic rings. The first-order valence-electron chi connectivity index (χ1n) is 10.2. The van der Waals surface area contributed by atoms with Gasteiger partial charge in [-0.05, 0) is 61.5 Å². The third-order valence-corrected chi connectivity index (χ3v) is 5.00. The summed E-state index contributed by atoms with van der Waals surface area (Å²) in [6.45, 7) is 1.82. The molecule has 5 nitrogen and oxygen atoms in total. The van der Waals surface area contributed by atoms with Crippen LogP contribution in [0.5, 0.6) is 0 Å². The fraction of sp³-hybridized carbons (Fsp3) is 0.409. The van der Waals surface area contributed by atoms with Crippen LogP contribution in [0.2, 0.25) is 0 Å². The van der Waals surface area contributed by atoms with E-state index in [1.165, 1.54) is 24.1 Å². The summed E-state index contributed by atoms with van der Waals surface area (Å²) in [7, 11) is 1.44. The van der Waals surface area contributed by atoms with E-state index in [9.17, 15) is 40.6 Å². The van der Waals surface area contributed by atoms with E-state index >= 15 is 0 Å². The third kappa shape index (κ3) is 7.87. The summed E-state index contributed by atoms with van der Waals surface area (Å²) >= 11 is 0. The van der Waals surface area contributed by atoms with Crippen LogP contribution in [0.1, 0.15) is 34.7 Å². The standard InChI is InChI=1S/C12H15FN2O2.C10H9F6N/c13-10-4-2-9(3-5-10)11-8-14-6-1-7-15(11)12(16)17;1-17-5-6-2-7(9(11,12)13)4-8(3-6)10(14,15)16/h2-5,11,14H,1,6-8H2,(H,16,17);2-4,17H,5H2,1H3/t11-;/m1./s1. The van der Waals surface area contributed by atoms with Crippen LogP contribution in [-0.4, -0.2) is 42.8 Å². The van der Waals surface area contributed by atoms with Crippen LogP contribution in [-0.2, 0) is 18.9 Å². The molecule has 0 aromatic heterocycles. The molecule has 0 unspecified atom stereocenters. The summed E-state index contributed by atoms with van der Waals surface area (Å²) in [5, 5.41) is 14.9.